The average molecular weight is 484 g/mol. The Bertz CT molecular complexity index is 1110. The number of hydrogen-bond donors (Lipinski definition) is 3. The SMILES string of the molecule is C.CCCC(CNC(=O)c1cccc2nc(CC(=O)N[C@@H]3CCNC3)cn12)c1ccc(Cl)cc1. The van der Waals surface area contributed by atoms with Gasteiger partial charge in [-0.1, -0.05) is 50.6 Å². The number of rotatable bonds is 9. The van der Waals surface area contributed by atoms with Crippen LogP contribution in [-0.2, 0) is 11.2 Å². The van der Waals surface area contributed by atoms with Gasteiger partial charge in [-0.15, -0.1) is 0 Å². The van der Waals surface area contributed by atoms with E-state index in [2.05, 4.69) is 27.9 Å². The molecule has 3 aromatic rings. The van der Waals surface area contributed by atoms with E-state index in [0.717, 1.165) is 37.9 Å². The Balaban J connectivity index is 0.00000324. The molecule has 0 saturated carbocycles. The molecular formula is C26H34ClN5O2. The van der Waals surface area contributed by atoms with Gasteiger partial charge in [0.15, 0.2) is 0 Å². The van der Waals surface area contributed by atoms with Gasteiger partial charge in [-0.3, -0.25) is 14.0 Å². The van der Waals surface area contributed by atoms with E-state index in [1.807, 2.05) is 36.4 Å². The standard InChI is InChI=1S/C25H30ClN5O2.CH4/c1-2-4-18(17-7-9-19(26)10-8-17)14-28-25(33)22-5-3-6-23-29-21(16-31(22)23)13-24(32)30-20-11-12-27-15-20;/h3,5-10,16,18,20,27H,2,4,11-15H2,1H3,(H,28,33)(H,30,32);1H4/t18?,20-;/m1./s1. The molecule has 0 bridgehead atoms. The third kappa shape index (κ3) is 6.36. The smallest absolute Gasteiger partial charge is 0.268 e. The van der Waals surface area contributed by atoms with E-state index >= 15 is 0 Å². The van der Waals surface area contributed by atoms with E-state index < -0.39 is 0 Å². The second-order valence-electron chi connectivity index (χ2n) is 8.55. The van der Waals surface area contributed by atoms with Gasteiger partial charge in [-0.05, 0) is 49.2 Å². The van der Waals surface area contributed by atoms with Crippen molar-refractivity contribution in [3.8, 4) is 0 Å². The molecule has 1 unspecified atom stereocenters. The number of amides is 2. The summed E-state index contributed by atoms with van der Waals surface area (Å²) in [6, 6.07) is 13.4. The summed E-state index contributed by atoms with van der Waals surface area (Å²) in [6.45, 7) is 4.40. The number of aromatic nitrogens is 2. The molecule has 2 aromatic heterocycles. The fourth-order valence-electron chi connectivity index (χ4n) is 4.33. The van der Waals surface area contributed by atoms with Crippen LogP contribution in [0, 0.1) is 0 Å². The van der Waals surface area contributed by atoms with Crippen LogP contribution < -0.4 is 16.0 Å². The molecule has 3 heterocycles. The van der Waals surface area contributed by atoms with Crippen molar-refractivity contribution in [3.05, 3.63) is 70.6 Å². The molecule has 0 aliphatic carbocycles. The van der Waals surface area contributed by atoms with Crippen LogP contribution >= 0.6 is 11.6 Å². The van der Waals surface area contributed by atoms with Crippen molar-refractivity contribution in [1.29, 1.82) is 0 Å². The molecule has 3 N–H and O–H groups in total. The van der Waals surface area contributed by atoms with Gasteiger partial charge in [0, 0.05) is 36.3 Å². The van der Waals surface area contributed by atoms with E-state index in [1.165, 1.54) is 0 Å². The molecule has 1 fully saturated rings. The highest BCUT2D eigenvalue weighted by atomic mass is 35.5. The molecule has 1 aliphatic rings. The molecule has 34 heavy (non-hydrogen) atoms. The molecule has 0 spiro atoms. The molecule has 1 aromatic carbocycles. The molecule has 2 atom stereocenters. The van der Waals surface area contributed by atoms with Gasteiger partial charge < -0.3 is 16.0 Å². The summed E-state index contributed by atoms with van der Waals surface area (Å²) < 4.78 is 1.76. The minimum absolute atomic E-state index is 0. The Kier molecular flexibility index (Phi) is 9.07. The molecule has 7 nitrogen and oxygen atoms in total. The molecule has 0 radical (unpaired) electrons. The van der Waals surface area contributed by atoms with Crippen LogP contribution in [0.5, 0.6) is 0 Å². The summed E-state index contributed by atoms with van der Waals surface area (Å²) in [5.41, 5.74) is 2.95. The van der Waals surface area contributed by atoms with Crippen molar-refractivity contribution in [1.82, 2.24) is 25.3 Å². The number of imidazole rings is 1. The Morgan fingerprint density at radius 3 is 2.74 bits per heavy atom. The average Bonchev–Trinajstić information content (AvgIpc) is 3.46. The normalized spacial score (nSPS) is 16.1. The van der Waals surface area contributed by atoms with Crippen molar-refractivity contribution < 1.29 is 9.59 Å². The molecule has 1 aliphatic heterocycles. The van der Waals surface area contributed by atoms with Crippen LogP contribution in [-0.4, -0.2) is 46.9 Å². The lowest BCUT2D eigenvalue weighted by atomic mass is 9.94. The predicted octanol–water partition coefficient (Wildman–Crippen LogP) is 3.96. The maximum Gasteiger partial charge on any atom is 0.268 e. The zero-order valence-electron chi connectivity index (χ0n) is 18.8. The number of hydrogen-bond acceptors (Lipinski definition) is 4. The minimum atomic E-state index is -0.166. The van der Waals surface area contributed by atoms with Crippen LogP contribution in [0.3, 0.4) is 0 Å². The minimum Gasteiger partial charge on any atom is -0.352 e. The first kappa shape index (κ1) is 25.7. The highest BCUT2D eigenvalue weighted by molar-refractivity contribution is 6.30. The van der Waals surface area contributed by atoms with Gasteiger partial charge in [0.05, 0.1) is 12.1 Å². The highest BCUT2D eigenvalue weighted by Crippen LogP contribution is 2.22. The van der Waals surface area contributed by atoms with Crippen molar-refractivity contribution >= 4 is 29.1 Å². The van der Waals surface area contributed by atoms with Gasteiger partial charge in [0.1, 0.15) is 11.3 Å². The van der Waals surface area contributed by atoms with Crippen molar-refractivity contribution in [2.75, 3.05) is 19.6 Å². The molecule has 1 saturated heterocycles. The number of carbonyl (C=O) groups excluding carboxylic acids is 2. The number of fused-ring (bicyclic) bond motifs is 1. The van der Waals surface area contributed by atoms with Gasteiger partial charge in [-0.2, -0.15) is 0 Å². The molecule has 4 rings (SSSR count). The number of pyridine rings is 1. The van der Waals surface area contributed by atoms with Crippen LogP contribution in [0.25, 0.3) is 5.65 Å². The van der Waals surface area contributed by atoms with Crippen molar-refractivity contribution in [2.24, 2.45) is 0 Å². The fraction of sp³-hybridized carbons (Fsp3) is 0.423. The van der Waals surface area contributed by atoms with E-state index in [-0.39, 0.29) is 37.6 Å². The lowest BCUT2D eigenvalue weighted by molar-refractivity contribution is -0.121. The van der Waals surface area contributed by atoms with Crippen LogP contribution in [0.2, 0.25) is 5.02 Å². The zero-order chi connectivity index (χ0) is 23.2. The number of carbonyl (C=O) groups is 2. The van der Waals surface area contributed by atoms with Crippen LogP contribution in [0.1, 0.15) is 61.3 Å². The number of halogens is 1. The summed E-state index contributed by atoms with van der Waals surface area (Å²) in [7, 11) is 0. The Labute approximate surface area is 206 Å². The quantitative estimate of drug-likeness (QED) is 0.430. The van der Waals surface area contributed by atoms with Crippen LogP contribution in [0.15, 0.2) is 48.7 Å². The second kappa shape index (κ2) is 12.0. The lowest BCUT2D eigenvalue weighted by Gasteiger charge is -2.18. The monoisotopic (exact) mass is 483 g/mol. The number of nitrogens with zero attached hydrogens (tertiary/aromatic N) is 2. The van der Waals surface area contributed by atoms with Crippen LogP contribution in [0.4, 0.5) is 0 Å². The highest BCUT2D eigenvalue weighted by Gasteiger charge is 2.19. The summed E-state index contributed by atoms with van der Waals surface area (Å²) in [5.74, 6) is -0.00730. The second-order valence-corrected chi connectivity index (χ2v) is 8.99. The lowest BCUT2D eigenvalue weighted by Crippen LogP contribution is -2.37. The van der Waals surface area contributed by atoms with E-state index in [9.17, 15) is 9.59 Å². The van der Waals surface area contributed by atoms with Gasteiger partial charge in [0.2, 0.25) is 5.91 Å². The first-order valence-corrected chi connectivity index (χ1v) is 11.9. The third-order valence-corrected chi connectivity index (χ3v) is 6.28. The van der Waals surface area contributed by atoms with Gasteiger partial charge >= 0.3 is 0 Å². The summed E-state index contributed by atoms with van der Waals surface area (Å²) >= 11 is 6.03. The Morgan fingerprint density at radius 1 is 1.24 bits per heavy atom. The zero-order valence-corrected chi connectivity index (χ0v) is 19.6. The van der Waals surface area contributed by atoms with Gasteiger partial charge in [0.25, 0.3) is 5.91 Å². The molecule has 8 heteroatoms. The van der Waals surface area contributed by atoms with Crippen molar-refractivity contribution in [3.63, 3.8) is 0 Å². The largest absolute Gasteiger partial charge is 0.352 e. The number of benzene rings is 1. The topological polar surface area (TPSA) is 87.5 Å². The van der Waals surface area contributed by atoms with Gasteiger partial charge in [-0.25, -0.2) is 4.98 Å². The maximum absolute atomic E-state index is 13.0. The molecule has 182 valence electrons. The maximum atomic E-state index is 13.0. The first-order chi connectivity index (χ1) is 16.0. The van der Waals surface area contributed by atoms with E-state index in [1.54, 1.807) is 16.7 Å². The predicted molar refractivity (Wildman–Crippen MR) is 136 cm³/mol. The fourth-order valence-corrected chi connectivity index (χ4v) is 4.45. The van der Waals surface area contributed by atoms with Crippen molar-refractivity contribution in [2.45, 2.75) is 52.0 Å². The van der Waals surface area contributed by atoms with E-state index in [4.69, 9.17) is 11.6 Å². The molecular weight excluding hydrogens is 450 g/mol. The first-order valence-electron chi connectivity index (χ1n) is 11.5. The third-order valence-electron chi connectivity index (χ3n) is 6.03. The Hall–Kier alpha value is -2.90. The number of nitrogens with one attached hydrogen (secondary N) is 3. The van der Waals surface area contributed by atoms with E-state index in [0.29, 0.717) is 28.6 Å². The molecule has 2 amide bonds. The summed E-state index contributed by atoms with van der Waals surface area (Å²) in [4.78, 5) is 30.0. The summed E-state index contributed by atoms with van der Waals surface area (Å²) in [6.07, 6.45) is 4.89. The Morgan fingerprint density at radius 2 is 2.03 bits per heavy atom. The summed E-state index contributed by atoms with van der Waals surface area (Å²) in [5, 5.41) is 10.1.